The van der Waals surface area contributed by atoms with Crippen molar-refractivity contribution in [2.75, 3.05) is 58.4 Å². The average molecular weight is 548 g/mol. The van der Waals surface area contributed by atoms with Crippen LogP contribution in [0.25, 0.3) is 0 Å². The summed E-state index contributed by atoms with van der Waals surface area (Å²) in [5.74, 6) is 0.618. The van der Waals surface area contributed by atoms with Crippen LogP contribution in [0, 0.1) is 0 Å². The third-order valence-corrected chi connectivity index (χ3v) is 5.97. The van der Waals surface area contributed by atoms with Crippen molar-refractivity contribution in [1.82, 2.24) is 15.4 Å². The van der Waals surface area contributed by atoms with Crippen LogP contribution in [0.5, 0.6) is 0 Å². The van der Waals surface area contributed by atoms with Gasteiger partial charge in [0.1, 0.15) is 0 Å². The molecule has 0 radical (unpaired) electrons. The second kappa shape index (κ2) is 15.6. The fourth-order valence-corrected chi connectivity index (χ4v) is 4.01. The van der Waals surface area contributed by atoms with Crippen molar-refractivity contribution in [2.24, 2.45) is 4.99 Å². The maximum atomic E-state index is 12.1. The fraction of sp³-hybridized carbons (Fsp3) is 0.944. The lowest BCUT2D eigenvalue weighted by Gasteiger charge is -2.22. The van der Waals surface area contributed by atoms with E-state index in [0.29, 0.717) is 45.4 Å². The largest absolute Gasteiger partial charge is 0.379 e. The zero-order valence-corrected chi connectivity index (χ0v) is 20.5. The molecule has 0 aromatic heterocycles. The Labute approximate surface area is 192 Å². The molecule has 2 unspecified atom stereocenters. The van der Waals surface area contributed by atoms with Gasteiger partial charge in [-0.1, -0.05) is 0 Å². The van der Waals surface area contributed by atoms with E-state index < -0.39 is 10.0 Å². The van der Waals surface area contributed by atoms with E-state index in [1.54, 1.807) is 0 Å². The number of hydrogen-bond acceptors (Lipinski definition) is 6. The van der Waals surface area contributed by atoms with Gasteiger partial charge < -0.3 is 24.8 Å². The fourth-order valence-electron chi connectivity index (χ4n) is 3.06. The summed E-state index contributed by atoms with van der Waals surface area (Å²) in [7, 11) is -3.34. The van der Waals surface area contributed by atoms with E-state index >= 15 is 0 Å². The highest BCUT2D eigenvalue weighted by Gasteiger charge is 2.18. The maximum Gasteiger partial charge on any atom is 0.213 e. The molecular formula is C18H37IN4O5S. The molecule has 0 aromatic carbocycles. The first-order chi connectivity index (χ1) is 13.6. The molecule has 29 heavy (non-hydrogen) atoms. The van der Waals surface area contributed by atoms with E-state index in [2.05, 4.69) is 20.3 Å². The molecule has 0 aromatic rings. The lowest BCUT2D eigenvalue weighted by molar-refractivity contribution is 0.0200. The lowest BCUT2D eigenvalue weighted by Crippen LogP contribution is -2.42. The minimum atomic E-state index is -3.34. The maximum absolute atomic E-state index is 12.1. The van der Waals surface area contributed by atoms with Gasteiger partial charge in [0.2, 0.25) is 10.0 Å². The van der Waals surface area contributed by atoms with Crippen LogP contribution in [-0.4, -0.2) is 84.9 Å². The van der Waals surface area contributed by atoms with Crippen molar-refractivity contribution in [2.45, 2.75) is 51.2 Å². The number of halogens is 1. The first kappa shape index (κ1) is 26.8. The SMILES string of the molecule is CCNC(=NCCCOC1CCOC1)NCCS(=O)(=O)NCC1CCCCO1.I. The molecule has 11 heteroatoms. The Kier molecular flexibility index (Phi) is 14.4. The first-order valence-corrected chi connectivity index (χ1v) is 12.0. The summed E-state index contributed by atoms with van der Waals surface area (Å²) in [6.07, 6.45) is 5.05. The van der Waals surface area contributed by atoms with Gasteiger partial charge in [-0.15, -0.1) is 24.0 Å². The molecule has 2 aliphatic rings. The molecular weight excluding hydrogens is 511 g/mol. The monoisotopic (exact) mass is 548 g/mol. The van der Waals surface area contributed by atoms with Gasteiger partial charge in [-0.3, -0.25) is 4.99 Å². The Hall–Kier alpha value is -0.210. The molecule has 2 fully saturated rings. The third-order valence-electron chi connectivity index (χ3n) is 4.63. The summed E-state index contributed by atoms with van der Waals surface area (Å²) in [6.45, 7) is 6.78. The number of guanidine groups is 1. The van der Waals surface area contributed by atoms with Crippen molar-refractivity contribution in [3.63, 3.8) is 0 Å². The predicted octanol–water partition coefficient (Wildman–Crippen LogP) is 0.844. The Morgan fingerprint density at radius 2 is 2.07 bits per heavy atom. The van der Waals surface area contributed by atoms with Gasteiger partial charge >= 0.3 is 0 Å². The number of sulfonamides is 1. The molecule has 2 saturated heterocycles. The van der Waals surface area contributed by atoms with E-state index in [-0.39, 0.29) is 41.9 Å². The van der Waals surface area contributed by atoms with Crippen molar-refractivity contribution in [1.29, 1.82) is 0 Å². The van der Waals surface area contributed by atoms with Gasteiger partial charge in [0.25, 0.3) is 0 Å². The summed E-state index contributed by atoms with van der Waals surface area (Å²) in [4.78, 5) is 4.46. The van der Waals surface area contributed by atoms with Gasteiger partial charge in [0.05, 0.1) is 24.6 Å². The smallest absolute Gasteiger partial charge is 0.213 e. The second-order valence-corrected chi connectivity index (χ2v) is 8.98. The Bertz CT molecular complexity index is 552. The molecule has 2 atom stereocenters. The molecule has 0 aliphatic carbocycles. The molecule has 2 aliphatic heterocycles. The van der Waals surface area contributed by atoms with E-state index in [1.165, 1.54) is 0 Å². The zero-order valence-electron chi connectivity index (χ0n) is 17.4. The number of nitrogens with zero attached hydrogens (tertiary/aromatic N) is 1. The number of aliphatic imine (C=N–C) groups is 1. The summed E-state index contributed by atoms with van der Waals surface area (Å²) >= 11 is 0. The van der Waals surface area contributed by atoms with Crippen LogP contribution in [-0.2, 0) is 24.2 Å². The van der Waals surface area contributed by atoms with Crippen LogP contribution in [0.4, 0.5) is 0 Å². The summed E-state index contributed by atoms with van der Waals surface area (Å²) < 4.78 is 43.5. The minimum absolute atomic E-state index is 0. The third kappa shape index (κ3) is 12.3. The number of hydrogen-bond donors (Lipinski definition) is 3. The molecule has 3 N–H and O–H groups in total. The van der Waals surface area contributed by atoms with Crippen molar-refractivity contribution < 1.29 is 22.6 Å². The van der Waals surface area contributed by atoms with Crippen molar-refractivity contribution in [3.05, 3.63) is 0 Å². The average Bonchev–Trinajstić information content (AvgIpc) is 3.20. The lowest BCUT2D eigenvalue weighted by atomic mass is 10.1. The summed E-state index contributed by atoms with van der Waals surface area (Å²) in [5.41, 5.74) is 0. The molecule has 0 amide bonds. The number of nitrogens with one attached hydrogen (secondary N) is 3. The quantitative estimate of drug-likeness (QED) is 0.144. The molecule has 0 bridgehead atoms. The summed E-state index contributed by atoms with van der Waals surface area (Å²) in [5, 5.41) is 6.20. The van der Waals surface area contributed by atoms with Gasteiger partial charge in [-0.25, -0.2) is 13.1 Å². The standard InChI is InChI=1S/C18H36N4O5S.HI/c1-2-19-18(20-8-5-11-27-17-7-12-25-15-17)21-9-13-28(23,24)22-14-16-6-3-4-10-26-16;/h16-17,22H,2-15H2,1H3,(H2,19,20,21);1H. The van der Waals surface area contributed by atoms with Crippen LogP contribution in [0.3, 0.4) is 0 Å². The van der Waals surface area contributed by atoms with Crippen molar-refractivity contribution >= 4 is 40.0 Å². The molecule has 2 heterocycles. The Morgan fingerprint density at radius 3 is 2.76 bits per heavy atom. The molecule has 172 valence electrons. The highest BCUT2D eigenvalue weighted by atomic mass is 127. The van der Waals surface area contributed by atoms with Crippen LogP contribution in [0.2, 0.25) is 0 Å². The van der Waals surface area contributed by atoms with E-state index in [9.17, 15) is 8.42 Å². The highest BCUT2D eigenvalue weighted by Crippen LogP contribution is 2.11. The van der Waals surface area contributed by atoms with Gasteiger partial charge in [0, 0.05) is 46.0 Å². The number of ether oxygens (including phenoxy) is 3. The van der Waals surface area contributed by atoms with Crippen LogP contribution >= 0.6 is 24.0 Å². The summed E-state index contributed by atoms with van der Waals surface area (Å²) in [6, 6.07) is 0. The van der Waals surface area contributed by atoms with Crippen LogP contribution in [0.15, 0.2) is 4.99 Å². The van der Waals surface area contributed by atoms with Gasteiger partial charge in [0.15, 0.2) is 5.96 Å². The van der Waals surface area contributed by atoms with E-state index in [1.807, 2.05) is 6.92 Å². The van der Waals surface area contributed by atoms with Gasteiger partial charge in [-0.2, -0.15) is 0 Å². The van der Waals surface area contributed by atoms with Gasteiger partial charge in [-0.05, 0) is 39.0 Å². The normalized spacial score (nSPS) is 22.9. The van der Waals surface area contributed by atoms with Crippen LogP contribution in [0.1, 0.15) is 39.0 Å². The van der Waals surface area contributed by atoms with E-state index in [4.69, 9.17) is 14.2 Å². The highest BCUT2D eigenvalue weighted by molar-refractivity contribution is 14.0. The molecule has 9 nitrogen and oxygen atoms in total. The second-order valence-electron chi connectivity index (χ2n) is 7.05. The zero-order chi connectivity index (χ0) is 20.1. The molecule has 0 saturated carbocycles. The molecule has 2 rings (SSSR count). The minimum Gasteiger partial charge on any atom is -0.379 e. The topological polar surface area (TPSA) is 110 Å². The Balaban J connectivity index is 0.00000420. The Morgan fingerprint density at radius 1 is 1.21 bits per heavy atom. The van der Waals surface area contributed by atoms with Crippen molar-refractivity contribution in [3.8, 4) is 0 Å². The van der Waals surface area contributed by atoms with Crippen LogP contribution < -0.4 is 15.4 Å². The number of rotatable bonds is 12. The first-order valence-electron chi connectivity index (χ1n) is 10.4. The molecule has 0 spiro atoms. The van der Waals surface area contributed by atoms with E-state index in [0.717, 1.165) is 45.3 Å². The predicted molar refractivity (Wildman–Crippen MR) is 125 cm³/mol.